The van der Waals surface area contributed by atoms with Crippen LogP contribution in [-0.2, 0) is 25.9 Å². The van der Waals surface area contributed by atoms with E-state index in [2.05, 4.69) is 11.8 Å². The van der Waals surface area contributed by atoms with Gasteiger partial charge < -0.3 is 4.90 Å². The lowest BCUT2D eigenvalue weighted by Gasteiger charge is -2.22. The second-order valence-electron chi connectivity index (χ2n) is 7.36. The number of hydrogen-bond donors (Lipinski definition) is 0. The molecule has 0 bridgehead atoms. The fourth-order valence-corrected chi connectivity index (χ4v) is 3.70. The Morgan fingerprint density at radius 2 is 1.60 bits per heavy atom. The minimum atomic E-state index is -0.387. The zero-order valence-corrected chi connectivity index (χ0v) is 18.2. The Morgan fingerprint density at radius 3 is 2.17 bits per heavy atom. The first-order valence-corrected chi connectivity index (χ1v) is 10.7. The van der Waals surface area contributed by atoms with E-state index in [1.165, 1.54) is 4.57 Å². The van der Waals surface area contributed by atoms with Gasteiger partial charge in [-0.3, -0.25) is 24.0 Å². The van der Waals surface area contributed by atoms with E-state index < -0.39 is 0 Å². The molecule has 1 aromatic heterocycles. The molecule has 0 atom stereocenters. The van der Waals surface area contributed by atoms with E-state index in [0.717, 1.165) is 50.2 Å². The van der Waals surface area contributed by atoms with Gasteiger partial charge in [-0.25, -0.2) is 4.79 Å². The van der Waals surface area contributed by atoms with Crippen molar-refractivity contribution in [3.05, 3.63) is 72.5 Å². The van der Waals surface area contributed by atoms with Gasteiger partial charge in [0.05, 0.1) is 4.92 Å². The predicted octanol–water partition coefficient (Wildman–Crippen LogP) is 2.85. The highest BCUT2D eigenvalue weighted by Crippen LogP contribution is 2.13. The standard InChI is InChI=1S/C22H32N4O4/c1-4-14-23(16-13-18-9-11-19(12-10-18)26(29)30)15-7-8-20-17-21(27)25(6-3)22(28)24(20)5-2/h9-12,17H,4-8,13-16H2,1-3H3. The highest BCUT2D eigenvalue weighted by Gasteiger charge is 2.11. The lowest BCUT2D eigenvalue weighted by Crippen LogP contribution is -2.40. The van der Waals surface area contributed by atoms with Crippen LogP contribution < -0.4 is 11.2 Å². The Labute approximate surface area is 176 Å². The molecule has 1 aromatic carbocycles. The number of nitro groups is 1. The summed E-state index contributed by atoms with van der Waals surface area (Å²) in [5.41, 5.74) is 1.52. The van der Waals surface area contributed by atoms with Crippen LogP contribution in [-0.4, -0.2) is 38.6 Å². The van der Waals surface area contributed by atoms with E-state index in [4.69, 9.17) is 0 Å². The molecule has 2 aromatic rings. The molecule has 0 unspecified atom stereocenters. The molecule has 0 spiro atoms. The Hall–Kier alpha value is -2.74. The molecular weight excluding hydrogens is 384 g/mol. The minimum absolute atomic E-state index is 0.108. The van der Waals surface area contributed by atoms with Crippen molar-refractivity contribution in [2.45, 2.75) is 59.5 Å². The molecule has 0 aliphatic carbocycles. The topological polar surface area (TPSA) is 90.4 Å². The molecule has 164 valence electrons. The molecule has 0 amide bonds. The van der Waals surface area contributed by atoms with Crippen molar-refractivity contribution in [3.63, 3.8) is 0 Å². The largest absolute Gasteiger partial charge is 0.331 e. The zero-order valence-electron chi connectivity index (χ0n) is 18.2. The summed E-state index contributed by atoms with van der Waals surface area (Å²) in [5.74, 6) is 0. The maximum atomic E-state index is 12.5. The third-order valence-electron chi connectivity index (χ3n) is 5.31. The van der Waals surface area contributed by atoms with Gasteiger partial charge in [0.1, 0.15) is 0 Å². The summed E-state index contributed by atoms with van der Waals surface area (Å²) in [7, 11) is 0. The number of aryl methyl sites for hydroxylation is 1. The smallest absolute Gasteiger partial charge is 0.303 e. The zero-order chi connectivity index (χ0) is 22.1. The van der Waals surface area contributed by atoms with Crippen LogP contribution in [0.5, 0.6) is 0 Å². The van der Waals surface area contributed by atoms with Gasteiger partial charge >= 0.3 is 5.69 Å². The van der Waals surface area contributed by atoms with Crippen LogP contribution in [0.15, 0.2) is 39.9 Å². The molecule has 0 aliphatic heterocycles. The van der Waals surface area contributed by atoms with Gasteiger partial charge in [-0.1, -0.05) is 19.1 Å². The Balaban J connectivity index is 1.97. The predicted molar refractivity (Wildman–Crippen MR) is 118 cm³/mol. The number of nitro benzene ring substituents is 1. The fourth-order valence-electron chi connectivity index (χ4n) is 3.70. The van der Waals surface area contributed by atoms with Gasteiger partial charge in [0.15, 0.2) is 0 Å². The second-order valence-corrected chi connectivity index (χ2v) is 7.36. The molecule has 0 aliphatic rings. The summed E-state index contributed by atoms with van der Waals surface area (Å²) >= 11 is 0. The van der Waals surface area contributed by atoms with Crippen LogP contribution in [0.4, 0.5) is 5.69 Å². The molecule has 0 saturated heterocycles. The molecule has 30 heavy (non-hydrogen) atoms. The molecule has 1 heterocycles. The molecule has 0 N–H and O–H groups in total. The van der Waals surface area contributed by atoms with E-state index >= 15 is 0 Å². The summed E-state index contributed by atoms with van der Waals surface area (Å²) in [5, 5.41) is 10.8. The first kappa shape index (κ1) is 23.5. The van der Waals surface area contributed by atoms with Gasteiger partial charge in [-0.05, 0) is 58.2 Å². The lowest BCUT2D eigenvalue weighted by atomic mass is 10.1. The molecule has 8 nitrogen and oxygen atoms in total. The first-order valence-electron chi connectivity index (χ1n) is 10.7. The van der Waals surface area contributed by atoms with Crippen molar-refractivity contribution in [3.8, 4) is 0 Å². The number of rotatable bonds is 12. The van der Waals surface area contributed by atoms with E-state index in [9.17, 15) is 19.7 Å². The Bertz CT molecular complexity index is 947. The molecular formula is C22H32N4O4. The monoisotopic (exact) mass is 416 g/mol. The maximum absolute atomic E-state index is 12.5. The third kappa shape index (κ3) is 6.13. The summed E-state index contributed by atoms with van der Waals surface area (Å²) < 4.78 is 2.95. The minimum Gasteiger partial charge on any atom is -0.303 e. The highest BCUT2D eigenvalue weighted by molar-refractivity contribution is 5.32. The average Bonchev–Trinajstić information content (AvgIpc) is 2.72. The normalized spacial score (nSPS) is 11.2. The maximum Gasteiger partial charge on any atom is 0.331 e. The van der Waals surface area contributed by atoms with Crippen LogP contribution in [0.3, 0.4) is 0 Å². The molecule has 8 heteroatoms. The average molecular weight is 417 g/mol. The van der Waals surface area contributed by atoms with Crippen molar-refractivity contribution < 1.29 is 4.92 Å². The molecule has 0 radical (unpaired) electrons. The van der Waals surface area contributed by atoms with E-state index in [1.54, 1.807) is 29.7 Å². The van der Waals surface area contributed by atoms with Gasteiger partial charge in [-0.15, -0.1) is 0 Å². The molecule has 2 rings (SSSR count). The van der Waals surface area contributed by atoms with Crippen LogP contribution >= 0.6 is 0 Å². The van der Waals surface area contributed by atoms with Gasteiger partial charge in [0, 0.05) is 43.5 Å². The number of non-ortho nitro benzene ring substituents is 1. The lowest BCUT2D eigenvalue weighted by molar-refractivity contribution is -0.384. The fraction of sp³-hybridized carbons (Fsp3) is 0.545. The first-order chi connectivity index (χ1) is 14.4. The molecule has 0 fully saturated rings. The van der Waals surface area contributed by atoms with E-state index in [1.807, 2.05) is 19.1 Å². The third-order valence-corrected chi connectivity index (χ3v) is 5.31. The number of benzene rings is 1. The van der Waals surface area contributed by atoms with E-state index in [-0.39, 0.29) is 21.9 Å². The Kier molecular flexibility index (Phi) is 8.98. The summed E-state index contributed by atoms with van der Waals surface area (Å²) in [6, 6.07) is 8.30. The number of hydrogen-bond acceptors (Lipinski definition) is 5. The number of nitrogens with zero attached hydrogens (tertiary/aromatic N) is 4. The van der Waals surface area contributed by atoms with Gasteiger partial charge in [-0.2, -0.15) is 0 Å². The highest BCUT2D eigenvalue weighted by atomic mass is 16.6. The van der Waals surface area contributed by atoms with Crippen molar-refractivity contribution in [2.24, 2.45) is 0 Å². The SMILES string of the molecule is CCCN(CCCc1cc(=O)n(CC)c(=O)n1CC)CCc1ccc([N+](=O)[O-])cc1. The van der Waals surface area contributed by atoms with Gasteiger partial charge in [0.2, 0.25) is 0 Å². The second kappa shape index (κ2) is 11.4. The van der Waals surface area contributed by atoms with Crippen LogP contribution in [0.1, 0.15) is 44.9 Å². The van der Waals surface area contributed by atoms with Crippen molar-refractivity contribution in [1.82, 2.24) is 14.0 Å². The van der Waals surface area contributed by atoms with Crippen molar-refractivity contribution >= 4 is 5.69 Å². The van der Waals surface area contributed by atoms with Crippen molar-refractivity contribution in [1.29, 1.82) is 0 Å². The quantitative estimate of drug-likeness (QED) is 0.392. The summed E-state index contributed by atoms with van der Waals surface area (Å²) in [6.45, 7) is 9.49. The van der Waals surface area contributed by atoms with Crippen LogP contribution in [0, 0.1) is 10.1 Å². The van der Waals surface area contributed by atoms with Crippen LogP contribution in [0.2, 0.25) is 0 Å². The summed E-state index contributed by atoms with van der Waals surface area (Å²) in [4.78, 5) is 37.4. The summed E-state index contributed by atoms with van der Waals surface area (Å²) in [6.07, 6.45) is 3.40. The Morgan fingerprint density at radius 1 is 0.933 bits per heavy atom. The van der Waals surface area contributed by atoms with Gasteiger partial charge in [0.25, 0.3) is 11.2 Å². The van der Waals surface area contributed by atoms with E-state index in [0.29, 0.717) is 19.5 Å². The van der Waals surface area contributed by atoms with Crippen LogP contribution in [0.25, 0.3) is 0 Å². The number of aromatic nitrogens is 2. The van der Waals surface area contributed by atoms with Crippen molar-refractivity contribution in [2.75, 3.05) is 19.6 Å². The molecule has 0 saturated carbocycles.